The van der Waals surface area contributed by atoms with E-state index < -0.39 is 12.0 Å². The molecule has 1 aromatic carbocycles. The molecule has 0 aliphatic carbocycles. The number of aryl methyl sites for hydroxylation is 2. The van der Waals surface area contributed by atoms with Crippen LogP contribution in [0.25, 0.3) is 0 Å². The van der Waals surface area contributed by atoms with Crippen LogP contribution >= 0.6 is 11.3 Å². The van der Waals surface area contributed by atoms with E-state index in [1.807, 2.05) is 37.3 Å². The van der Waals surface area contributed by atoms with Crippen LogP contribution in [0.4, 0.5) is 0 Å². The van der Waals surface area contributed by atoms with Crippen LogP contribution in [0.15, 0.2) is 30.3 Å². The lowest BCUT2D eigenvalue weighted by Gasteiger charge is -2.17. The van der Waals surface area contributed by atoms with E-state index in [0.29, 0.717) is 10.6 Å². The highest BCUT2D eigenvalue weighted by atomic mass is 32.1. The Labute approximate surface area is 133 Å². The van der Waals surface area contributed by atoms with Gasteiger partial charge in [-0.1, -0.05) is 37.3 Å². The number of thiazole rings is 1. The molecule has 0 fully saturated rings. The molecular weight excluding hydrogens is 300 g/mol. The van der Waals surface area contributed by atoms with Crippen LogP contribution in [0.1, 0.15) is 45.3 Å². The molecule has 1 unspecified atom stereocenters. The van der Waals surface area contributed by atoms with Crippen molar-refractivity contribution < 1.29 is 14.7 Å². The molecule has 1 heterocycles. The van der Waals surface area contributed by atoms with Crippen LogP contribution < -0.4 is 5.32 Å². The molecule has 2 rings (SSSR count). The number of aromatic nitrogens is 1. The maximum atomic E-state index is 12.4. The predicted octanol–water partition coefficient (Wildman–Crippen LogP) is 2.96. The minimum Gasteiger partial charge on any atom is -0.481 e. The quantitative estimate of drug-likeness (QED) is 0.858. The lowest BCUT2D eigenvalue weighted by molar-refractivity contribution is -0.137. The number of hydrogen-bond donors (Lipinski definition) is 2. The zero-order valence-electron chi connectivity index (χ0n) is 12.5. The molecule has 0 aliphatic rings. The first-order valence-corrected chi connectivity index (χ1v) is 7.86. The number of amides is 1. The zero-order valence-corrected chi connectivity index (χ0v) is 13.3. The van der Waals surface area contributed by atoms with Gasteiger partial charge < -0.3 is 10.4 Å². The highest BCUT2D eigenvalue weighted by Gasteiger charge is 2.21. The van der Waals surface area contributed by atoms with Gasteiger partial charge in [0.25, 0.3) is 5.91 Å². The minimum absolute atomic E-state index is 0.158. The van der Waals surface area contributed by atoms with Gasteiger partial charge in [0, 0.05) is 0 Å². The van der Waals surface area contributed by atoms with Gasteiger partial charge in [0.05, 0.1) is 23.2 Å². The van der Waals surface area contributed by atoms with Gasteiger partial charge in [0.1, 0.15) is 4.88 Å². The standard InChI is InChI=1S/C16H18N2O3S/c1-3-13-17-10(2)15(22-13)16(21)18-12(9-14(19)20)11-7-5-4-6-8-11/h4-8,12H,3,9H2,1-2H3,(H,18,21)(H,19,20). The van der Waals surface area contributed by atoms with E-state index in [0.717, 1.165) is 17.0 Å². The van der Waals surface area contributed by atoms with Crippen LogP contribution in [0, 0.1) is 6.92 Å². The number of carboxylic acid groups (broad SMARTS) is 1. The topological polar surface area (TPSA) is 79.3 Å². The van der Waals surface area contributed by atoms with Crippen molar-refractivity contribution in [3.8, 4) is 0 Å². The molecule has 1 amide bonds. The summed E-state index contributed by atoms with van der Waals surface area (Å²) in [4.78, 5) is 28.4. The summed E-state index contributed by atoms with van der Waals surface area (Å²) in [5.74, 6) is -1.23. The summed E-state index contributed by atoms with van der Waals surface area (Å²) in [6.07, 6.45) is 0.615. The number of nitrogens with one attached hydrogen (secondary N) is 1. The summed E-state index contributed by atoms with van der Waals surface area (Å²) in [5.41, 5.74) is 1.46. The normalized spacial score (nSPS) is 11.9. The monoisotopic (exact) mass is 318 g/mol. The van der Waals surface area contributed by atoms with Crippen LogP contribution in [0.3, 0.4) is 0 Å². The molecular formula is C16H18N2O3S. The fourth-order valence-corrected chi connectivity index (χ4v) is 3.06. The van der Waals surface area contributed by atoms with E-state index in [1.54, 1.807) is 6.92 Å². The Hall–Kier alpha value is -2.21. The zero-order chi connectivity index (χ0) is 16.1. The SMILES string of the molecule is CCc1nc(C)c(C(=O)NC(CC(=O)O)c2ccccc2)s1. The van der Waals surface area contributed by atoms with Gasteiger partial charge in [-0.2, -0.15) is 0 Å². The maximum absolute atomic E-state index is 12.4. The van der Waals surface area contributed by atoms with Crippen molar-refractivity contribution in [1.82, 2.24) is 10.3 Å². The van der Waals surface area contributed by atoms with Crippen molar-refractivity contribution >= 4 is 23.2 Å². The molecule has 0 spiro atoms. The lowest BCUT2D eigenvalue weighted by atomic mass is 10.0. The smallest absolute Gasteiger partial charge is 0.305 e. The number of carboxylic acids is 1. The Morgan fingerprint density at radius 2 is 2.00 bits per heavy atom. The highest BCUT2D eigenvalue weighted by molar-refractivity contribution is 7.13. The maximum Gasteiger partial charge on any atom is 0.305 e. The molecule has 6 heteroatoms. The molecule has 1 aromatic heterocycles. The third-order valence-corrected chi connectivity index (χ3v) is 4.54. The summed E-state index contributed by atoms with van der Waals surface area (Å²) in [6, 6.07) is 8.56. The second-order valence-electron chi connectivity index (χ2n) is 4.91. The first-order chi connectivity index (χ1) is 10.5. The predicted molar refractivity (Wildman–Crippen MR) is 85.1 cm³/mol. The number of carbonyl (C=O) groups is 2. The first-order valence-electron chi connectivity index (χ1n) is 7.05. The van der Waals surface area contributed by atoms with Crippen molar-refractivity contribution in [3.05, 3.63) is 51.5 Å². The van der Waals surface area contributed by atoms with Crippen LogP contribution in [0.5, 0.6) is 0 Å². The summed E-state index contributed by atoms with van der Waals surface area (Å²) >= 11 is 1.35. The molecule has 22 heavy (non-hydrogen) atoms. The number of hydrogen-bond acceptors (Lipinski definition) is 4. The number of benzene rings is 1. The molecule has 0 radical (unpaired) electrons. The molecule has 0 saturated heterocycles. The average molecular weight is 318 g/mol. The van der Waals surface area contributed by atoms with Crippen molar-refractivity contribution in [2.75, 3.05) is 0 Å². The Balaban J connectivity index is 2.21. The second kappa shape index (κ2) is 7.17. The van der Waals surface area contributed by atoms with E-state index in [4.69, 9.17) is 5.11 Å². The minimum atomic E-state index is -0.954. The third kappa shape index (κ3) is 3.92. The van der Waals surface area contributed by atoms with Gasteiger partial charge in [-0.3, -0.25) is 9.59 Å². The van der Waals surface area contributed by atoms with Crippen LogP contribution in [0.2, 0.25) is 0 Å². The number of rotatable bonds is 6. The number of carbonyl (C=O) groups excluding carboxylic acids is 1. The fraction of sp³-hybridized carbons (Fsp3) is 0.312. The van der Waals surface area contributed by atoms with Gasteiger partial charge in [-0.25, -0.2) is 4.98 Å². The van der Waals surface area contributed by atoms with Crippen LogP contribution in [-0.2, 0) is 11.2 Å². The van der Waals surface area contributed by atoms with Crippen molar-refractivity contribution in [1.29, 1.82) is 0 Å². The van der Waals surface area contributed by atoms with Crippen molar-refractivity contribution in [2.45, 2.75) is 32.7 Å². The summed E-state index contributed by atoms with van der Waals surface area (Å²) in [5, 5.41) is 12.8. The van der Waals surface area contributed by atoms with E-state index in [-0.39, 0.29) is 12.3 Å². The fourth-order valence-electron chi connectivity index (χ4n) is 2.15. The Morgan fingerprint density at radius 1 is 1.32 bits per heavy atom. The highest BCUT2D eigenvalue weighted by Crippen LogP contribution is 2.22. The summed E-state index contributed by atoms with van der Waals surface area (Å²) < 4.78 is 0. The molecule has 5 nitrogen and oxygen atoms in total. The van der Waals surface area contributed by atoms with E-state index in [9.17, 15) is 9.59 Å². The Bertz CT molecular complexity index is 667. The first kappa shape index (κ1) is 16.2. The number of aliphatic carboxylic acids is 1. The largest absolute Gasteiger partial charge is 0.481 e. The summed E-state index contributed by atoms with van der Waals surface area (Å²) in [7, 11) is 0. The molecule has 0 bridgehead atoms. The molecule has 0 aliphatic heterocycles. The molecule has 2 aromatic rings. The van der Waals surface area contributed by atoms with Gasteiger partial charge in [-0.15, -0.1) is 11.3 Å². The van der Waals surface area contributed by atoms with E-state index in [2.05, 4.69) is 10.3 Å². The van der Waals surface area contributed by atoms with Crippen molar-refractivity contribution in [3.63, 3.8) is 0 Å². The van der Waals surface area contributed by atoms with Gasteiger partial charge in [0.2, 0.25) is 0 Å². The summed E-state index contributed by atoms with van der Waals surface area (Å²) in [6.45, 7) is 3.77. The van der Waals surface area contributed by atoms with Gasteiger partial charge >= 0.3 is 5.97 Å². The van der Waals surface area contributed by atoms with Gasteiger partial charge in [-0.05, 0) is 18.9 Å². The second-order valence-corrected chi connectivity index (χ2v) is 5.99. The third-order valence-electron chi connectivity index (χ3n) is 3.24. The lowest BCUT2D eigenvalue weighted by Crippen LogP contribution is -2.30. The molecule has 0 saturated carbocycles. The Morgan fingerprint density at radius 3 is 2.55 bits per heavy atom. The number of nitrogens with zero attached hydrogens (tertiary/aromatic N) is 1. The molecule has 1 atom stereocenters. The average Bonchev–Trinajstić information content (AvgIpc) is 2.88. The van der Waals surface area contributed by atoms with E-state index >= 15 is 0 Å². The Kier molecular flexibility index (Phi) is 5.27. The molecule has 2 N–H and O–H groups in total. The van der Waals surface area contributed by atoms with Crippen molar-refractivity contribution in [2.24, 2.45) is 0 Å². The molecule has 116 valence electrons. The van der Waals surface area contributed by atoms with Gasteiger partial charge in [0.15, 0.2) is 0 Å². The van der Waals surface area contributed by atoms with Crippen LogP contribution in [-0.4, -0.2) is 22.0 Å². The van der Waals surface area contributed by atoms with E-state index in [1.165, 1.54) is 11.3 Å².